The number of H-pyrrole nitrogens is 1. The summed E-state index contributed by atoms with van der Waals surface area (Å²) in [5.41, 5.74) is 0.288. The fraction of sp³-hybridized carbons (Fsp3) is 0.375. The first kappa shape index (κ1) is 7.67. The third kappa shape index (κ3) is 1.53. The fourth-order valence-corrected chi connectivity index (χ4v) is 0.894. The average Bonchev–Trinajstić information content (AvgIpc) is 2.36. The van der Waals surface area contributed by atoms with E-state index in [1.54, 1.807) is 6.20 Å². The third-order valence-electron chi connectivity index (χ3n) is 1.56. The van der Waals surface area contributed by atoms with Gasteiger partial charge in [-0.1, -0.05) is 6.92 Å². The molecule has 0 saturated carbocycles. The van der Waals surface area contributed by atoms with Crippen LogP contribution in [0.15, 0.2) is 15.5 Å². The lowest BCUT2D eigenvalue weighted by Gasteiger charge is -1.99. The highest BCUT2D eigenvalue weighted by Crippen LogP contribution is 2.12. The van der Waals surface area contributed by atoms with Crippen LogP contribution in [0.4, 0.5) is 0 Å². The lowest BCUT2D eigenvalue weighted by atomic mass is 10.0. The van der Waals surface area contributed by atoms with Crippen LogP contribution in [0.3, 0.4) is 0 Å². The molecule has 0 aliphatic heterocycles. The van der Waals surface area contributed by atoms with Gasteiger partial charge in [0.15, 0.2) is 0 Å². The summed E-state index contributed by atoms with van der Waals surface area (Å²) in [4.78, 5) is 10.9. The van der Waals surface area contributed by atoms with E-state index in [0.29, 0.717) is 12.0 Å². The minimum Gasteiger partial charge on any atom is -0.339 e. The Morgan fingerprint density at radius 3 is 3.09 bits per heavy atom. The first-order valence-electron chi connectivity index (χ1n) is 3.36. The van der Waals surface area contributed by atoms with Gasteiger partial charge >= 0.3 is 5.63 Å². The summed E-state index contributed by atoms with van der Waals surface area (Å²) in [5.74, 6) is 2.56. The van der Waals surface area contributed by atoms with Crippen LogP contribution >= 0.6 is 0 Å². The van der Waals surface area contributed by atoms with Crippen molar-refractivity contribution in [1.29, 1.82) is 0 Å². The molecule has 0 radical (unpaired) electrons. The van der Waals surface area contributed by atoms with Crippen LogP contribution in [-0.2, 0) is 0 Å². The van der Waals surface area contributed by atoms with E-state index in [1.807, 2.05) is 6.92 Å². The van der Waals surface area contributed by atoms with Crippen molar-refractivity contribution in [3.63, 3.8) is 0 Å². The Morgan fingerprint density at radius 1 is 1.91 bits per heavy atom. The lowest BCUT2D eigenvalue weighted by molar-refractivity contribution is 0.389. The Labute approximate surface area is 64.4 Å². The molecule has 0 aliphatic rings. The molecule has 1 rings (SSSR count). The fourth-order valence-electron chi connectivity index (χ4n) is 0.894. The zero-order valence-electron chi connectivity index (χ0n) is 6.26. The molecule has 1 heterocycles. The maximum absolute atomic E-state index is 10.9. The number of rotatable bonds is 2. The molecule has 3 heteroatoms. The summed E-state index contributed by atoms with van der Waals surface area (Å²) in [6, 6.07) is 0. The quantitative estimate of drug-likeness (QED) is 0.643. The van der Waals surface area contributed by atoms with Gasteiger partial charge in [0.1, 0.15) is 0 Å². The van der Waals surface area contributed by atoms with E-state index in [4.69, 9.17) is 6.42 Å². The summed E-state index contributed by atoms with van der Waals surface area (Å²) in [7, 11) is 0. The Hall–Kier alpha value is -1.43. The van der Waals surface area contributed by atoms with Gasteiger partial charge in [0, 0.05) is 18.5 Å². The molecular weight excluding hydrogens is 142 g/mol. The highest BCUT2D eigenvalue weighted by atomic mass is 16.5. The summed E-state index contributed by atoms with van der Waals surface area (Å²) < 4.78 is 4.48. The van der Waals surface area contributed by atoms with Crippen molar-refractivity contribution < 1.29 is 4.52 Å². The van der Waals surface area contributed by atoms with Gasteiger partial charge in [-0.2, -0.15) is 0 Å². The van der Waals surface area contributed by atoms with Crippen LogP contribution in [0.5, 0.6) is 0 Å². The zero-order valence-corrected chi connectivity index (χ0v) is 6.26. The van der Waals surface area contributed by atoms with Crippen molar-refractivity contribution in [3.8, 4) is 12.3 Å². The van der Waals surface area contributed by atoms with Crippen molar-refractivity contribution in [1.82, 2.24) is 5.16 Å². The summed E-state index contributed by atoms with van der Waals surface area (Å²) in [6.07, 6.45) is 7.20. The van der Waals surface area contributed by atoms with Crippen LogP contribution in [0, 0.1) is 12.3 Å². The van der Waals surface area contributed by atoms with Gasteiger partial charge in [-0.15, -0.1) is 12.3 Å². The molecule has 0 fully saturated rings. The molecule has 0 aromatic carbocycles. The molecule has 3 nitrogen and oxygen atoms in total. The van der Waals surface area contributed by atoms with Crippen LogP contribution in [0.25, 0.3) is 0 Å². The summed E-state index contributed by atoms with van der Waals surface area (Å²) in [6.45, 7) is 1.89. The smallest absolute Gasteiger partial charge is 0.339 e. The molecular formula is C8H9NO2. The van der Waals surface area contributed by atoms with E-state index in [9.17, 15) is 4.79 Å². The van der Waals surface area contributed by atoms with E-state index in [1.165, 1.54) is 0 Å². The average molecular weight is 151 g/mol. The van der Waals surface area contributed by atoms with Crippen molar-refractivity contribution in [2.75, 3.05) is 0 Å². The first-order valence-corrected chi connectivity index (χ1v) is 3.36. The molecule has 1 aromatic heterocycles. The SMILES string of the molecule is C#CC[C@@H](C)c1c[nH]oc1=O. The number of terminal acetylenes is 1. The van der Waals surface area contributed by atoms with E-state index >= 15 is 0 Å². The largest absolute Gasteiger partial charge is 0.360 e. The van der Waals surface area contributed by atoms with Gasteiger partial charge in [-0.05, 0) is 0 Å². The van der Waals surface area contributed by atoms with Crippen LogP contribution in [-0.4, -0.2) is 5.16 Å². The molecule has 0 aliphatic carbocycles. The zero-order chi connectivity index (χ0) is 8.27. The van der Waals surface area contributed by atoms with Gasteiger partial charge in [0.25, 0.3) is 0 Å². The van der Waals surface area contributed by atoms with Gasteiger partial charge in [0.05, 0.1) is 5.56 Å². The Kier molecular flexibility index (Phi) is 2.17. The molecule has 1 atom stereocenters. The lowest BCUT2D eigenvalue weighted by Crippen LogP contribution is -2.04. The highest BCUT2D eigenvalue weighted by molar-refractivity contribution is 5.10. The number of aromatic nitrogens is 1. The number of hydrogen-bond acceptors (Lipinski definition) is 2. The Bertz CT molecular complexity index is 315. The maximum atomic E-state index is 10.9. The van der Waals surface area contributed by atoms with E-state index in [-0.39, 0.29) is 11.5 Å². The summed E-state index contributed by atoms with van der Waals surface area (Å²) >= 11 is 0. The molecule has 58 valence electrons. The van der Waals surface area contributed by atoms with Crippen LogP contribution in [0.2, 0.25) is 0 Å². The second kappa shape index (κ2) is 3.11. The molecule has 0 saturated heterocycles. The molecule has 0 amide bonds. The van der Waals surface area contributed by atoms with Crippen molar-refractivity contribution in [2.45, 2.75) is 19.3 Å². The number of aromatic amines is 1. The first-order chi connectivity index (χ1) is 5.25. The van der Waals surface area contributed by atoms with Crippen LogP contribution < -0.4 is 5.63 Å². The van der Waals surface area contributed by atoms with Crippen molar-refractivity contribution in [3.05, 3.63) is 22.2 Å². The molecule has 1 N–H and O–H groups in total. The van der Waals surface area contributed by atoms with E-state index in [2.05, 4.69) is 15.6 Å². The minimum absolute atomic E-state index is 0.0718. The highest BCUT2D eigenvalue weighted by Gasteiger charge is 2.09. The van der Waals surface area contributed by atoms with Gasteiger partial charge in [-0.25, -0.2) is 9.95 Å². The van der Waals surface area contributed by atoms with E-state index < -0.39 is 0 Å². The Balaban J connectivity index is 2.86. The molecule has 11 heavy (non-hydrogen) atoms. The van der Waals surface area contributed by atoms with Gasteiger partial charge in [-0.3, -0.25) is 0 Å². The minimum atomic E-state index is -0.326. The van der Waals surface area contributed by atoms with Crippen molar-refractivity contribution >= 4 is 0 Å². The topological polar surface area (TPSA) is 46.0 Å². The van der Waals surface area contributed by atoms with Crippen LogP contribution in [0.1, 0.15) is 24.8 Å². The predicted molar refractivity (Wildman–Crippen MR) is 41.2 cm³/mol. The molecule has 0 spiro atoms. The second-order valence-corrected chi connectivity index (χ2v) is 2.42. The number of hydrogen-bond donors (Lipinski definition) is 1. The summed E-state index contributed by atoms with van der Waals surface area (Å²) in [5, 5.41) is 2.38. The van der Waals surface area contributed by atoms with Gasteiger partial charge in [0.2, 0.25) is 0 Å². The number of nitrogens with one attached hydrogen (secondary N) is 1. The standard InChI is InChI=1S/C8H9NO2/c1-3-4-6(2)7-5-9-11-8(7)10/h1,5-6,9H,4H2,2H3/t6-/m1/s1. The second-order valence-electron chi connectivity index (χ2n) is 2.42. The van der Waals surface area contributed by atoms with E-state index in [0.717, 1.165) is 0 Å². The molecule has 1 aromatic rings. The normalized spacial score (nSPS) is 12.4. The van der Waals surface area contributed by atoms with Gasteiger partial charge < -0.3 is 4.52 Å². The maximum Gasteiger partial charge on any atom is 0.360 e. The third-order valence-corrected chi connectivity index (χ3v) is 1.56. The molecule has 0 bridgehead atoms. The van der Waals surface area contributed by atoms with Crippen molar-refractivity contribution in [2.24, 2.45) is 0 Å². The monoisotopic (exact) mass is 151 g/mol. The predicted octanol–water partition coefficient (Wildman–Crippen LogP) is 1.09. The molecule has 0 unspecified atom stereocenters. The Morgan fingerprint density at radius 2 is 2.64 bits per heavy atom.